The van der Waals surface area contributed by atoms with Crippen molar-refractivity contribution >= 4 is 11.6 Å². The second-order valence-corrected chi connectivity index (χ2v) is 5.02. The number of likely N-dealkylation sites (N-methyl/N-ethyl adjacent to an activating group) is 1. The zero-order valence-corrected chi connectivity index (χ0v) is 11.9. The van der Waals surface area contributed by atoms with Gasteiger partial charge in [0.2, 0.25) is 5.91 Å². The van der Waals surface area contributed by atoms with E-state index in [1.165, 1.54) is 0 Å². The maximum Gasteiger partial charge on any atom is 0.242 e. The number of nitrogens with two attached hydrogens (primary N) is 1. The molecule has 1 unspecified atom stereocenters. The Labute approximate surface area is 114 Å². The minimum atomic E-state index is -0.0866. The van der Waals surface area contributed by atoms with E-state index in [9.17, 15) is 4.79 Å². The number of nitrogens with zero attached hydrogens (tertiary/aromatic N) is 2. The number of aryl methyl sites for hydroxylation is 2. The first-order valence-electron chi connectivity index (χ1n) is 6.74. The Kier molecular flexibility index (Phi) is 4.04. The summed E-state index contributed by atoms with van der Waals surface area (Å²) < 4.78 is 0. The average molecular weight is 262 g/mol. The van der Waals surface area contributed by atoms with Gasteiger partial charge in [0.15, 0.2) is 0 Å². The van der Waals surface area contributed by atoms with Gasteiger partial charge in [-0.3, -0.25) is 9.78 Å². The molecular weight excluding hydrogens is 240 g/mol. The molecule has 0 saturated carbocycles. The van der Waals surface area contributed by atoms with Crippen LogP contribution in [0.5, 0.6) is 0 Å². The monoisotopic (exact) mass is 262 g/mol. The highest BCUT2D eigenvalue weighted by Crippen LogP contribution is 2.30. The first-order chi connectivity index (χ1) is 9.08. The third-order valence-electron chi connectivity index (χ3n) is 3.75. The lowest BCUT2D eigenvalue weighted by Gasteiger charge is -2.28. The molecule has 0 spiro atoms. The highest BCUT2D eigenvalue weighted by Gasteiger charge is 2.31. The molecule has 1 aliphatic rings. The van der Waals surface area contributed by atoms with Crippen molar-refractivity contribution in [3.8, 4) is 0 Å². The van der Waals surface area contributed by atoms with Crippen molar-refractivity contribution in [1.29, 1.82) is 0 Å². The fraction of sp³-hybridized carbons (Fsp3) is 0.571. The SMILES string of the molecule is CNC(=O)C1CCCN1c1cc(C)nc(C)c1CN. The van der Waals surface area contributed by atoms with Crippen LogP contribution in [0.4, 0.5) is 5.69 Å². The Morgan fingerprint density at radius 1 is 1.58 bits per heavy atom. The van der Waals surface area contributed by atoms with E-state index in [-0.39, 0.29) is 11.9 Å². The number of carbonyl (C=O) groups is 1. The summed E-state index contributed by atoms with van der Waals surface area (Å²) in [6, 6.07) is 1.95. The van der Waals surface area contributed by atoms with Crippen LogP contribution in [-0.4, -0.2) is 30.5 Å². The number of hydrogen-bond donors (Lipinski definition) is 2. The smallest absolute Gasteiger partial charge is 0.242 e. The second-order valence-electron chi connectivity index (χ2n) is 5.02. The zero-order chi connectivity index (χ0) is 14.0. The van der Waals surface area contributed by atoms with Crippen molar-refractivity contribution in [2.75, 3.05) is 18.5 Å². The van der Waals surface area contributed by atoms with Crippen LogP contribution in [0.3, 0.4) is 0 Å². The van der Waals surface area contributed by atoms with Gasteiger partial charge in [0.05, 0.1) is 0 Å². The third kappa shape index (κ3) is 2.56. The fourth-order valence-electron chi connectivity index (χ4n) is 2.84. The molecule has 1 aromatic heterocycles. The van der Waals surface area contributed by atoms with Crippen LogP contribution in [0.15, 0.2) is 6.07 Å². The summed E-state index contributed by atoms with van der Waals surface area (Å²) in [5.41, 5.74) is 9.89. The maximum atomic E-state index is 12.0. The number of pyridine rings is 1. The van der Waals surface area contributed by atoms with Gasteiger partial charge in [0.25, 0.3) is 0 Å². The Balaban J connectivity index is 2.43. The van der Waals surface area contributed by atoms with Crippen molar-refractivity contribution in [3.63, 3.8) is 0 Å². The molecule has 3 N–H and O–H groups in total. The summed E-state index contributed by atoms with van der Waals surface area (Å²) >= 11 is 0. The average Bonchev–Trinajstić information content (AvgIpc) is 2.86. The predicted octanol–water partition coefficient (Wildman–Crippen LogP) is 0.872. The number of aromatic nitrogens is 1. The normalized spacial score (nSPS) is 18.7. The molecule has 1 fully saturated rings. The zero-order valence-electron chi connectivity index (χ0n) is 11.9. The fourth-order valence-corrected chi connectivity index (χ4v) is 2.84. The van der Waals surface area contributed by atoms with Crippen LogP contribution < -0.4 is 16.0 Å². The summed E-state index contributed by atoms with van der Waals surface area (Å²) in [5.74, 6) is 0.0765. The molecule has 5 heteroatoms. The molecule has 1 aromatic rings. The van der Waals surface area contributed by atoms with Gasteiger partial charge in [0.1, 0.15) is 6.04 Å². The van der Waals surface area contributed by atoms with Gasteiger partial charge in [-0.05, 0) is 32.8 Å². The van der Waals surface area contributed by atoms with Gasteiger partial charge in [-0.2, -0.15) is 0 Å². The molecule has 104 valence electrons. The molecule has 1 amide bonds. The molecule has 2 rings (SSSR count). The summed E-state index contributed by atoms with van der Waals surface area (Å²) in [5, 5.41) is 2.75. The summed E-state index contributed by atoms with van der Waals surface area (Å²) in [6.45, 7) is 5.30. The Morgan fingerprint density at radius 3 is 2.95 bits per heavy atom. The number of carbonyl (C=O) groups excluding carboxylic acids is 1. The number of rotatable bonds is 3. The van der Waals surface area contributed by atoms with E-state index in [2.05, 4.69) is 15.2 Å². The van der Waals surface area contributed by atoms with Crippen molar-refractivity contribution in [3.05, 3.63) is 23.0 Å². The summed E-state index contributed by atoms with van der Waals surface area (Å²) in [7, 11) is 1.69. The summed E-state index contributed by atoms with van der Waals surface area (Å²) in [6.07, 6.45) is 1.92. The molecule has 1 saturated heterocycles. The highest BCUT2D eigenvalue weighted by molar-refractivity contribution is 5.86. The van der Waals surface area contributed by atoms with Gasteiger partial charge >= 0.3 is 0 Å². The third-order valence-corrected chi connectivity index (χ3v) is 3.75. The lowest BCUT2D eigenvalue weighted by Crippen LogP contribution is -2.42. The molecule has 0 aliphatic carbocycles. The minimum absolute atomic E-state index is 0.0765. The van der Waals surface area contributed by atoms with Crippen LogP contribution in [0.2, 0.25) is 0 Å². The van der Waals surface area contributed by atoms with Crippen LogP contribution in [0.25, 0.3) is 0 Å². The molecule has 1 atom stereocenters. The minimum Gasteiger partial charge on any atom is -0.359 e. The van der Waals surface area contributed by atoms with E-state index < -0.39 is 0 Å². The number of hydrogen-bond acceptors (Lipinski definition) is 4. The topological polar surface area (TPSA) is 71.2 Å². The van der Waals surface area contributed by atoms with E-state index in [0.29, 0.717) is 6.54 Å². The van der Waals surface area contributed by atoms with Crippen LogP contribution in [0.1, 0.15) is 29.8 Å². The van der Waals surface area contributed by atoms with Crippen LogP contribution in [0, 0.1) is 13.8 Å². The first-order valence-corrected chi connectivity index (χ1v) is 6.74. The van der Waals surface area contributed by atoms with Gasteiger partial charge in [-0.15, -0.1) is 0 Å². The lowest BCUT2D eigenvalue weighted by atomic mass is 10.1. The molecular formula is C14H22N4O. The van der Waals surface area contributed by atoms with E-state index >= 15 is 0 Å². The van der Waals surface area contributed by atoms with E-state index in [1.54, 1.807) is 7.05 Å². The predicted molar refractivity (Wildman–Crippen MR) is 76.0 cm³/mol. The van der Waals surface area contributed by atoms with E-state index in [1.807, 2.05) is 19.9 Å². The molecule has 0 radical (unpaired) electrons. The molecule has 0 aromatic carbocycles. The van der Waals surface area contributed by atoms with Gasteiger partial charge in [0, 0.05) is 42.8 Å². The largest absolute Gasteiger partial charge is 0.359 e. The molecule has 2 heterocycles. The highest BCUT2D eigenvalue weighted by atomic mass is 16.2. The second kappa shape index (κ2) is 5.57. The van der Waals surface area contributed by atoms with Gasteiger partial charge in [-0.25, -0.2) is 0 Å². The Hall–Kier alpha value is -1.62. The van der Waals surface area contributed by atoms with Crippen molar-refractivity contribution in [2.24, 2.45) is 5.73 Å². The van der Waals surface area contributed by atoms with Crippen molar-refractivity contribution in [1.82, 2.24) is 10.3 Å². The Bertz CT molecular complexity index is 487. The molecule has 5 nitrogen and oxygen atoms in total. The van der Waals surface area contributed by atoms with Gasteiger partial charge in [-0.1, -0.05) is 0 Å². The first kappa shape index (κ1) is 13.8. The number of amides is 1. The lowest BCUT2D eigenvalue weighted by molar-refractivity contribution is -0.121. The molecule has 19 heavy (non-hydrogen) atoms. The number of anilines is 1. The molecule has 1 aliphatic heterocycles. The standard InChI is InChI=1S/C14H22N4O/c1-9-7-13(11(8-15)10(2)17-9)18-6-4-5-12(18)14(19)16-3/h7,12H,4-6,8,15H2,1-3H3,(H,16,19). The quantitative estimate of drug-likeness (QED) is 0.848. The van der Waals surface area contributed by atoms with E-state index in [4.69, 9.17) is 5.73 Å². The summed E-state index contributed by atoms with van der Waals surface area (Å²) in [4.78, 5) is 18.6. The van der Waals surface area contributed by atoms with E-state index in [0.717, 1.165) is 42.0 Å². The molecule has 0 bridgehead atoms. The van der Waals surface area contributed by atoms with Crippen molar-refractivity contribution < 1.29 is 4.79 Å². The Morgan fingerprint density at radius 2 is 2.32 bits per heavy atom. The van der Waals surface area contributed by atoms with Gasteiger partial charge < -0.3 is 16.0 Å². The van der Waals surface area contributed by atoms with Crippen LogP contribution >= 0.6 is 0 Å². The maximum absolute atomic E-state index is 12.0. The number of nitrogens with one attached hydrogen (secondary N) is 1. The van der Waals surface area contributed by atoms with Crippen molar-refractivity contribution in [2.45, 2.75) is 39.3 Å². The van der Waals surface area contributed by atoms with Crippen LogP contribution in [-0.2, 0) is 11.3 Å².